The SMILES string of the molecule is CCO[Si](CCCSSSSC(C)(C(SS[S+](SCC)[Si](OCC)(OCC)OCC)SS[S+](SCC)[Si](OCC)(OCC)OCC)C1(C)CCCCC1)(OCC)OCC. The Morgan fingerprint density at radius 3 is 1.31 bits per heavy atom. The van der Waals surface area contributed by atoms with Crippen LogP contribution in [0.4, 0.5) is 0 Å². The molecule has 1 aliphatic carbocycles. The van der Waals surface area contributed by atoms with Gasteiger partial charge in [-0.05, 0) is 135 Å². The van der Waals surface area contributed by atoms with Crippen LogP contribution in [0.15, 0.2) is 0 Å². The van der Waals surface area contributed by atoms with Crippen LogP contribution in [0.25, 0.3) is 0 Å². The van der Waals surface area contributed by atoms with Crippen molar-refractivity contribution in [2.24, 2.45) is 5.41 Å². The Bertz CT molecular complexity index is 951. The summed E-state index contributed by atoms with van der Waals surface area (Å²) in [5.41, 5.74) is 0.132. The van der Waals surface area contributed by atoms with Gasteiger partial charge < -0.3 is 39.8 Å². The molecule has 59 heavy (non-hydrogen) atoms. The molecule has 0 aromatic rings. The summed E-state index contributed by atoms with van der Waals surface area (Å²) < 4.78 is 57.9. The van der Waals surface area contributed by atoms with E-state index in [9.17, 15) is 0 Å². The zero-order valence-electron chi connectivity index (χ0n) is 38.1. The Morgan fingerprint density at radius 1 is 0.559 bits per heavy atom. The highest BCUT2D eigenvalue weighted by Crippen LogP contribution is 2.67. The third-order valence-corrected chi connectivity index (χ3v) is 59.5. The summed E-state index contributed by atoms with van der Waals surface area (Å²) in [5.74, 6) is 2.94. The van der Waals surface area contributed by atoms with Crippen LogP contribution in [0.1, 0.15) is 129 Å². The first-order chi connectivity index (χ1) is 28.4. The zero-order valence-corrected chi connectivity index (χ0v) is 50.9. The van der Waals surface area contributed by atoms with E-state index < -0.39 is 24.7 Å². The lowest BCUT2D eigenvalue weighted by Gasteiger charge is -2.50. The summed E-state index contributed by atoms with van der Waals surface area (Å²) >= 11 is 0. The molecule has 0 aromatic carbocycles. The third kappa shape index (κ3) is 20.5. The number of hydrogen-bond acceptors (Lipinski definition) is 19. The Kier molecular flexibility index (Phi) is 37.1. The van der Waals surface area contributed by atoms with Crippen molar-refractivity contribution >= 4 is 146 Å². The van der Waals surface area contributed by atoms with E-state index >= 15 is 0 Å². The fraction of sp³-hybridized carbons (Fsp3) is 1.00. The lowest BCUT2D eigenvalue weighted by Crippen LogP contribution is -2.52. The second-order valence-electron chi connectivity index (χ2n) is 12.9. The average molecular weight is 1110 g/mol. The normalized spacial score (nSPS) is 17.8. The van der Waals surface area contributed by atoms with E-state index in [0.29, 0.717) is 59.5 Å². The molecule has 3 unspecified atom stereocenters. The molecule has 3 atom stereocenters. The molecule has 0 amide bonds. The molecule has 0 saturated heterocycles. The first kappa shape index (κ1) is 61.5. The third-order valence-electron chi connectivity index (χ3n) is 8.85. The minimum Gasteiger partial charge on any atom is -0.374 e. The van der Waals surface area contributed by atoms with E-state index in [1.54, 1.807) is 0 Å². The van der Waals surface area contributed by atoms with Gasteiger partial charge in [0.05, 0.1) is 30.9 Å². The predicted octanol–water partition coefficient (Wildman–Crippen LogP) is 14.4. The summed E-state index contributed by atoms with van der Waals surface area (Å²) in [5, 5.41) is 0. The maximum absolute atomic E-state index is 6.57. The molecule has 354 valence electrons. The Balaban J connectivity index is 3.63. The molecule has 24 heteroatoms. The van der Waals surface area contributed by atoms with Crippen LogP contribution in [0, 0.1) is 5.41 Å². The fourth-order valence-corrected chi connectivity index (χ4v) is 61.8. The van der Waals surface area contributed by atoms with Crippen molar-refractivity contribution in [1.29, 1.82) is 0 Å². The molecule has 1 saturated carbocycles. The van der Waals surface area contributed by atoms with Gasteiger partial charge in [-0.25, -0.2) is 0 Å². The molecule has 0 heterocycles. The minimum atomic E-state index is -3.01. The van der Waals surface area contributed by atoms with Gasteiger partial charge in [-0.3, -0.25) is 0 Å². The lowest BCUT2D eigenvalue weighted by molar-refractivity contribution is 0.0712. The predicted molar refractivity (Wildman–Crippen MR) is 291 cm³/mol. The molecule has 1 fully saturated rings. The topological polar surface area (TPSA) is 83.1 Å². The Morgan fingerprint density at radius 2 is 0.949 bits per heavy atom. The standard InChI is InChI=1S/C35H78O9S12Si3/c1-14-36-57(37-15-2,38-16-3)32-28-31-45-51-52-50-35(13,34(12)29-26-25-27-30-34)33(48-53-55(46-23-10)58(39-17-4,40-18-5)41-19-6)49-54-56(47-24-11)59(42-20-7,43-21-8)44-22-9/h33H,14-32H2,1-13H3/q+2. The molecule has 0 spiro atoms. The van der Waals surface area contributed by atoms with Crippen LogP contribution in [0.3, 0.4) is 0 Å². The average Bonchev–Trinajstić information content (AvgIpc) is 3.20. The van der Waals surface area contributed by atoms with Gasteiger partial charge in [-0.2, -0.15) is 0 Å². The van der Waals surface area contributed by atoms with E-state index in [1.807, 2.05) is 114 Å². The molecule has 1 rings (SSSR count). The van der Waals surface area contributed by atoms with Crippen molar-refractivity contribution in [3.8, 4) is 0 Å². The molecule has 0 N–H and O–H groups in total. The van der Waals surface area contributed by atoms with Crippen LogP contribution < -0.4 is 0 Å². The molecule has 0 aliphatic heterocycles. The van der Waals surface area contributed by atoms with Crippen molar-refractivity contribution in [2.45, 2.75) is 144 Å². The van der Waals surface area contributed by atoms with Crippen LogP contribution in [0.5, 0.6) is 0 Å². The maximum Gasteiger partial charge on any atom is 0.808 e. The van der Waals surface area contributed by atoms with E-state index in [-0.39, 0.29) is 31.6 Å². The monoisotopic (exact) mass is 1110 g/mol. The molecule has 9 nitrogen and oxygen atoms in total. The molecule has 0 radical (unpaired) electrons. The summed E-state index contributed by atoms with van der Waals surface area (Å²) in [6.45, 7) is 33.3. The van der Waals surface area contributed by atoms with Crippen molar-refractivity contribution in [1.82, 2.24) is 0 Å². The van der Waals surface area contributed by atoms with Gasteiger partial charge in [0.2, 0.25) is 0 Å². The zero-order chi connectivity index (χ0) is 44.1. The van der Waals surface area contributed by atoms with Crippen LogP contribution in [-0.2, 0) is 56.7 Å². The highest BCUT2D eigenvalue weighted by atomic mass is 33.8. The van der Waals surface area contributed by atoms with Gasteiger partial charge in [0.1, 0.15) is 0 Å². The first-order valence-corrected chi connectivity index (χ1v) is 44.0. The van der Waals surface area contributed by atoms with Gasteiger partial charge in [0.25, 0.3) is 0 Å². The van der Waals surface area contributed by atoms with Crippen molar-refractivity contribution < 1.29 is 39.8 Å². The highest BCUT2D eigenvalue weighted by Gasteiger charge is 2.68. The van der Waals surface area contributed by atoms with Gasteiger partial charge in [0.15, 0.2) is 36.5 Å². The van der Waals surface area contributed by atoms with Crippen molar-refractivity contribution in [3.05, 3.63) is 0 Å². The number of hydrogen-bond donors (Lipinski definition) is 0. The summed E-state index contributed by atoms with van der Waals surface area (Å²) in [6, 6.07) is 0.842. The quantitative estimate of drug-likeness (QED) is 0.0192. The van der Waals surface area contributed by atoms with E-state index in [2.05, 4.69) is 80.0 Å². The van der Waals surface area contributed by atoms with Crippen LogP contribution in [0.2, 0.25) is 6.04 Å². The second kappa shape index (κ2) is 35.6. The van der Waals surface area contributed by atoms with E-state index in [0.717, 1.165) is 29.7 Å². The summed E-state index contributed by atoms with van der Waals surface area (Å²) in [7, 11) is 10.3. The largest absolute Gasteiger partial charge is 0.808 e. The Hall–Kier alpha value is 4.49. The van der Waals surface area contributed by atoms with E-state index in [4.69, 9.17) is 39.8 Å². The molecule has 0 bridgehead atoms. The summed E-state index contributed by atoms with van der Waals surface area (Å²) in [6.07, 6.45) is 7.28. The molecule has 0 aromatic heterocycles. The molecule has 1 aliphatic rings. The van der Waals surface area contributed by atoms with Gasteiger partial charge in [-0.15, -0.1) is 0 Å². The maximum atomic E-state index is 6.57. The van der Waals surface area contributed by atoms with Gasteiger partial charge >= 0.3 is 24.7 Å². The van der Waals surface area contributed by atoms with Crippen LogP contribution >= 0.6 is 104 Å². The van der Waals surface area contributed by atoms with E-state index in [1.165, 1.54) is 32.1 Å². The summed E-state index contributed by atoms with van der Waals surface area (Å²) in [4.78, 5) is 0. The number of rotatable bonds is 40. The van der Waals surface area contributed by atoms with Crippen molar-refractivity contribution in [2.75, 3.05) is 76.7 Å². The van der Waals surface area contributed by atoms with Crippen LogP contribution in [-0.4, -0.2) is 111 Å². The molecular formula is C35H78O9S12Si3+2. The smallest absolute Gasteiger partial charge is 0.374 e. The lowest BCUT2D eigenvalue weighted by atomic mass is 9.68. The van der Waals surface area contributed by atoms with Gasteiger partial charge in [-0.1, -0.05) is 61.6 Å². The highest BCUT2D eigenvalue weighted by molar-refractivity contribution is 9.32. The molecular weight excluding hydrogens is 1030 g/mol. The van der Waals surface area contributed by atoms with Gasteiger partial charge in [0, 0.05) is 82.8 Å². The second-order valence-corrected chi connectivity index (χ2v) is 50.3. The minimum absolute atomic E-state index is 0.0973. The first-order valence-electron chi connectivity index (χ1n) is 21.3. The van der Waals surface area contributed by atoms with Crippen molar-refractivity contribution in [3.63, 3.8) is 0 Å². The fourth-order valence-electron chi connectivity index (χ4n) is 6.16. The Labute approximate surface area is 407 Å².